The summed E-state index contributed by atoms with van der Waals surface area (Å²) in [5.41, 5.74) is 3.83. The average Bonchev–Trinajstić information content (AvgIpc) is 3.26. The summed E-state index contributed by atoms with van der Waals surface area (Å²) in [6.45, 7) is 4.86. The van der Waals surface area contributed by atoms with E-state index in [4.69, 9.17) is 14.5 Å². The van der Waals surface area contributed by atoms with Gasteiger partial charge in [-0.2, -0.15) is 8.42 Å². The second kappa shape index (κ2) is 11.3. The first kappa shape index (κ1) is 28.6. The van der Waals surface area contributed by atoms with E-state index >= 15 is 0 Å². The Morgan fingerprint density at radius 3 is 2.38 bits per heavy atom. The summed E-state index contributed by atoms with van der Waals surface area (Å²) >= 11 is 0. The summed E-state index contributed by atoms with van der Waals surface area (Å²) in [4.78, 5) is 21.4. The molecule has 3 heterocycles. The molecule has 0 radical (unpaired) electrons. The number of pyridine rings is 1. The zero-order valence-electron chi connectivity index (χ0n) is 23.5. The van der Waals surface area contributed by atoms with Gasteiger partial charge in [-0.3, -0.25) is 14.4 Å². The van der Waals surface area contributed by atoms with Gasteiger partial charge in [0.15, 0.2) is 0 Å². The molecule has 222 valence electrons. The molecule has 3 aromatic rings. The van der Waals surface area contributed by atoms with Crippen LogP contribution in [-0.4, -0.2) is 60.8 Å². The van der Waals surface area contributed by atoms with E-state index < -0.39 is 21.8 Å². The number of rotatable bonds is 8. The number of aromatic nitrogens is 1. The SMILES string of the molecule is CCOc1nc(-c2ccc(F)cc2)c(C2CCC2)cc1CN1CCC2(CC1)CN(c1ccc(S(=O)(=O)O)cc1)C(=O)O2. The highest BCUT2D eigenvalue weighted by Crippen LogP contribution is 2.43. The minimum Gasteiger partial charge on any atom is -0.478 e. The second-order valence-electron chi connectivity index (χ2n) is 11.3. The number of ether oxygens (including phenoxy) is 2. The van der Waals surface area contributed by atoms with Crippen LogP contribution in [0.4, 0.5) is 14.9 Å². The van der Waals surface area contributed by atoms with Crippen molar-refractivity contribution in [3.05, 3.63) is 71.5 Å². The lowest BCUT2D eigenvalue weighted by atomic mass is 9.78. The van der Waals surface area contributed by atoms with Crippen molar-refractivity contribution < 1.29 is 31.6 Å². The zero-order valence-corrected chi connectivity index (χ0v) is 24.3. The number of amides is 1. The number of hydrogen-bond acceptors (Lipinski definition) is 7. The Hall–Kier alpha value is -3.54. The smallest absolute Gasteiger partial charge is 0.415 e. The Balaban J connectivity index is 1.18. The highest BCUT2D eigenvalue weighted by molar-refractivity contribution is 7.85. The van der Waals surface area contributed by atoms with Gasteiger partial charge in [-0.05, 0) is 85.8 Å². The number of carbonyl (C=O) groups is 1. The van der Waals surface area contributed by atoms with Gasteiger partial charge in [0.25, 0.3) is 10.1 Å². The van der Waals surface area contributed by atoms with E-state index in [1.807, 2.05) is 6.92 Å². The normalized spacial score (nSPS) is 19.1. The summed E-state index contributed by atoms with van der Waals surface area (Å²) in [6.07, 6.45) is 4.24. The van der Waals surface area contributed by atoms with Gasteiger partial charge in [-0.1, -0.05) is 6.42 Å². The minimum atomic E-state index is -4.31. The summed E-state index contributed by atoms with van der Waals surface area (Å²) in [5.74, 6) is 0.735. The fourth-order valence-electron chi connectivity index (χ4n) is 6.04. The Bertz CT molecular complexity index is 1570. The van der Waals surface area contributed by atoms with Gasteiger partial charge in [0.1, 0.15) is 11.4 Å². The molecule has 0 unspecified atom stereocenters. The van der Waals surface area contributed by atoms with Gasteiger partial charge >= 0.3 is 6.09 Å². The third-order valence-electron chi connectivity index (χ3n) is 8.61. The molecule has 1 spiro atoms. The van der Waals surface area contributed by atoms with E-state index in [-0.39, 0.29) is 10.7 Å². The van der Waals surface area contributed by atoms with Crippen LogP contribution >= 0.6 is 0 Å². The Morgan fingerprint density at radius 2 is 1.79 bits per heavy atom. The predicted octanol–water partition coefficient (Wildman–Crippen LogP) is 5.79. The molecule has 9 nitrogen and oxygen atoms in total. The molecular weight excluding hydrogens is 561 g/mol. The molecular formula is C31H34FN3O6S. The van der Waals surface area contributed by atoms with Gasteiger partial charge in [0.05, 0.1) is 23.7 Å². The van der Waals surface area contributed by atoms with E-state index in [9.17, 15) is 22.2 Å². The molecule has 1 amide bonds. The summed E-state index contributed by atoms with van der Waals surface area (Å²) in [7, 11) is -4.31. The van der Waals surface area contributed by atoms with E-state index in [0.717, 1.165) is 29.7 Å². The van der Waals surface area contributed by atoms with Crippen molar-refractivity contribution in [2.75, 3.05) is 31.1 Å². The number of nitrogens with zero attached hydrogens (tertiary/aromatic N) is 3. The number of likely N-dealkylation sites (tertiary alicyclic amines) is 1. The standard InChI is InChI=1S/C31H34FN3O6S/c1-2-40-29-23(18-27(21-4-3-5-21)28(33-29)22-6-8-24(32)9-7-22)19-34-16-14-31(15-17-34)20-35(30(36)41-31)25-10-12-26(13-11-25)42(37,38)39/h6-13,18,21H,2-5,14-17,19-20H2,1H3,(H,37,38,39). The van der Waals surface area contributed by atoms with Crippen molar-refractivity contribution in [2.24, 2.45) is 0 Å². The second-order valence-corrected chi connectivity index (χ2v) is 12.8. The van der Waals surface area contributed by atoms with Crippen molar-refractivity contribution in [3.63, 3.8) is 0 Å². The summed E-state index contributed by atoms with van der Waals surface area (Å²) in [5, 5.41) is 0. The summed E-state index contributed by atoms with van der Waals surface area (Å²) < 4.78 is 57.5. The lowest BCUT2D eigenvalue weighted by Gasteiger charge is -2.37. The predicted molar refractivity (Wildman–Crippen MR) is 155 cm³/mol. The van der Waals surface area contributed by atoms with E-state index in [0.29, 0.717) is 63.1 Å². The maximum Gasteiger partial charge on any atom is 0.415 e. The first-order valence-electron chi connectivity index (χ1n) is 14.4. The molecule has 6 rings (SSSR count). The molecule has 2 aliphatic heterocycles. The van der Waals surface area contributed by atoms with Crippen molar-refractivity contribution in [2.45, 2.75) is 62.0 Å². The molecule has 1 aromatic heterocycles. The maximum atomic E-state index is 13.6. The number of benzene rings is 2. The molecule has 0 bridgehead atoms. The Kier molecular flexibility index (Phi) is 7.67. The third kappa shape index (κ3) is 5.73. The molecule has 2 saturated heterocycles. The number of anilines is 1. The molecule has 3 aliphatic rings. The van der Waals surface area contributed by atoms with Crippen LogP contribution in [0.25, 0.3) is 11.3 Å². The fraction of sp³-hybridized carbons (Fsp3) is 0.419. The first-order chi connectivity index (χ1) is 20.1. The van der Waals surface area contributed by atoms with Crippen LogP contribution in [0.5, 0.6) is 5.88 Å². The minimum absolute atomic E-state index is 0.228. The molecule has 1 N–H and O–H groups in total. The van der Waals surface area contributed by atoms with Crippen molar-refractivity contribution in [3.8, 4) is 17.1 Å². The van der Waals surface area contributed by atoms with Gasteiger partial charge in [0.2, 0.25) is 5.88 Å². The quantitative estimate of drug-likeness (QED) is 0.326. The first-order valence-corrected chi connectivity index (χ1v) is 15.8. The van der Waals surface area contributed by atoms with Crippen LogP contribution in [0.2, 0.25) is 0 Å². The van der Waals surface area contributed by atoms with Crippen LogP contribution in [-0.2, 0) is 21.4 Å². The summed E-state index contributed by atoms with van der Waals surface area (Å²) in [6, 6.07) is 14.2. The third-order valence-corrected chi connectivity index (χ3v) is 9.48. The molecule has 1 saturated carbocycles. The van der Waals surface area contributed by atoms with E-state index in [1.54, 1.807) is 12.1 Å². The van der Waals surface area contributed by atoms with Crippen LogP contribution in [0.15, 0.2) is 59.5 Å². The van der Waals surface area contributed by atoms with E-state index in [1.165, 1.54) is 53.3 Å². The lowest BCUT2D eigenvalue weighted by molar-refractivity contribution is -0.00115. The molecule has 11 heteroatoms. The molecule has 0 atom stereocenters. The van der Waals surface area contributed by atoms with Crippen LogP contribution in [0, 0.1) is 5.82 Å². The largest absolute Gasteiger partial charge is 0.478 e. The van der Waals surface area contributed by atoms with Crippen molar-refractivity contribution >= 4 is 21.9 Å². The molecule has 42 heavy (non-hydrogen) atoms. The van der Waals surface area contributed by atoms with Crippen molar-refractivity contribution in [1.82, 2.24) is 9.88 Å². The molecule has 1 aliphatic carbocycles. The number of piperidine rings is 1. The topological polar surface area (TPSA) is 109 Å². The number of carbonyl (C=O) groups excluding carboxylic acids is 1. The molecule has 3 fully saturated rings. The number of halogens is 1. The monoisotopic (exact) mass is 595 g/mol. The van der Waals surface area contributed by atoms with Crippen LogP contribution < -0.4 is 9.64 Å². The fourth-order valence-corrected chi connectivity index (χ4v) is 6.52. The Morgan fingerprint density at radius 1 is 1.10 bits per heavy atom. The van der Waals surface area contributed by atoms with Gasteiger partial charge in [0, 0.05) is 49.3 Å². The van der Waals surface area contributed by atoms with Crippen LogP contribution in [0.3, 0.4) is 0 Å². The highest BCUT2D eigenvalue weighted by Gasteiger charge is 2.47. The lowest BCUT2D eigenvalue weighted by Crippen LogP contribution is -2.46. The maximum absolute atomic E-state index is 13.6. The highest BCUT2D eigenvalue weighted by atomic mass is 32.2. The number of hydrogen-bond donors (Lipinski definition) is 1. The van der Waals surface area contributed by atoms with Gasteiger partial charge < -0.3 is 9.47 Å². The Labute approximate surface area is 245 Å². The average molecular weight is 596 g/mol. The van der Waals surface area contributed by atoms with Crippen LogP contribution in [0.1, 0.15) is 56.1 Å². The zero-order chi connectivity index (χ0) is 29.5. The van der Waals surface area contributed by atoms with Crippen molar-refractivity contribution in [1.29, 1.82) is 0 Å². The van der Waals surface area contributed by atoms with E-state index in [2.05, 4.69) is 11.0 Å². The van der Waals surface area contributed by atoms with Gasteiger partial charge in [-0.15, -0.1) is 0 Å². The molecule has 2 aromatic carbocycles. The van der Waals surface area contributed by atoms with Gasteiger partial charge in [-0.25, -0.2) is 14.2 Å².